The number of hydrogen-bond donors (Lipinski definition) is 1. The lowest BCUT2D eigenvalue weighted by atomic mass is 10.4. The smallest absolute Gasteiger partial charge is 0.218 e. The first-order chi connectivity index (χ1) is 10.3. The molecule has 1 aromatic rings. The predicted molar refractivity (Wildman–Crippen MR) is 79.7 cm³/mol. The fourth-order valence-corrected chi connectivity index (χ4v) is 1.60. The van der Waals surface area contributed by atoms with E-state index in [1.165, 1.54) is 0 Å². The molecule has 0 saturated heterocycles. The molecule has 0 amide bonds. The highest BCUT2D eigenvalue weighted by Gasteiger charge is 2.05. The summed E-state index contributed by atoms with van der Waals surface area (Å²) in [6.07, 6.45) is 0.914. The number of ether oxygens (including phenoxy) is 4. The Hall–Kier alpha value is -1.44. The van der Waals surface area contributed by atoms with E-state index in [0.29, 0.717) is 31.5 Å². The molecular weight excluding hydrogens is 274 g/mol. The minimum absolute atomic E-state index is 0.342. The molecule has 0 aliphatic heterocycles. The van der Waals surface area contributed by atoms with Gasteiger partial charge in [0.25, 0.3) is 0 Å². The molecule has 1 heterocycles. The molecule has 0 spiro atoms. The maximum Gasteiger partial charge on any atom is 0.218 e. The minimum atomic E-state index is 0.342. The normalized spacial score (nSPS) is 10.6. The van der Waals surface area contributed by atoms with E-state index in [-0.39, 0.29) is 0 Å². The van der Waals surface area contributed by atoms with Gasteiger partial charge < -0.3 is 24.3 Å². The first kappa shape index (κ1) is 17.6. The van der Waals surface area contributed by atoms with Crippen molar-refractivity contribution in [3.63, 3.8) is 0 Å². The van der Waals surface area contributed by atoms with Crippen molar-refractivity contribution in [2.24, 2.45) is 0 Å². The van der Waals surface area contributed by atoms with Crippen LogP contribution >= 0.6 is 0 Å². The van der Waals surface area contributed by atoms with Crippen LogP contribution in [0.15, 0.2) is 6.07 Å². The average Bonchev–Trinajstić information content (AvgIpc) is 2.48. The quantitative estimate of drug-likeness (QED) is 0.586. The first-order valence-corrected chi connectivity index (χ1v) is 7.10. The highest BCUT2D eigenvalue weighted by atomic mass is 16.5. The predicted octanol–water partition coefficient (Wildman–Crippen LogP) is 1.49. The third-order valence-corrected chi connectivity index (χ3v) is 2.54. The van der Waals surface area contributed by atoms with Gasteiger partial charge in [0, 0.05) is 40.0 Å². The summed E-state index contributed by atoms with van der Waals surface area (Å²) in [6, 6.07) is 1.77. The van der Waals surface area contributed by atoms with Gasteiger partial charge in [-0.1, -0.05) is 0 Å². The molecule has 0 aliphatic rings. The molecule has 0 radical (unpaired) electrons. The Balaban J connectivity index is 2.54. The molecule has 1 N–H and O–H groups in total. The van der Waals surface area contributed by atoms with Crippen LogP contribution in [0.3, 0.4) is 0 Å². The van der Waals surface area contributed by atoms with Crippen molar-refractivity contribution < 1.29 is 18.9 Å². The molecule has 120 valence electrons. The van der Waals surface area contributed by atoms with Gasteiger partial charge in [-0.25, -0.2) is 4.98 Å². The Labute approximate surface area is 126 Å². The zero-order chi connectivity index (χ0) is 15.3. The molecule has 7 nitrogen and oxygen atoms in total. The van der Waals surface area contributed by atoms with Crippen LogP contribution < -0.4 is 10.1 Å². The summed E-state index contributed by atoms with van der Waals surface area (Å²) in [5.41, 5.74) is 0. The molecular formula is C14H25N3O4. The van der Waals surface area contributed by atoms with E-state index in [1.807, 2.05) is 6.92 Å². The molecule has 21 heavy (non-hydrogen) atoms. The van der Waals surface area contributed by atoms with Gasteiger partial charge in [-0.15, -0.1) is 0 Å². The Morgan fingerprint density at radius 3 is 2.67 bits per heavy atom. The highest BCUT2D eigenvalue weighted by Crippen LogP contribution is 2.14. The van der Waals surface area contributed by atoms with Crippen LogP contribution in [0.2, 0.25) is 0 Å². The fraction of sp³-hybridized carbons (Fsp3) is 0.714. The van der Waals surface area contributed by atoms with Crippen LogP contribution in [0, 0.1) is 0 Å². The monoisotopic (exact) mass is 299 g/mol. The van der Waals surface area contributed by atoms with Crippen molar-refractivity contribution >= 4 is 5.82 Å². The van der Waals surface area contributed by atoms with Crippen molar-refractivity contribution in [1.29, 1.82) is 0 Å². The maximum atomic E-state index is 5.52. The van der Waals surface area contributed by atoms with Gasteiger partial charge in [-0.05, 0) is 13.3 Å². The standard InChI is InChI=1S/C14H25N3O4/c1-4-20-7-5-6-15-12-10-14(21-9-8-18-2)17-13(16-12)11-19-3/h10H,4-9,11H2,1-3H3,(H,15,16,17). The zero-order valence-electron chi connectivity index (χ0n) is 13.1. The van der Waals surface area contributed by atoms with E-state index in [0.717, 1.165) is 32.0 Å². The lowest BCUT2D eigenvalue weighted by molar-refractivity contribution is 0.142. The molecule has 0 fully saturated rings. The van der Waals surface area contributed by atoms with Crippen LogP contribution in [0.25, 0.3) is 0 Å². The Morgan fingerprint density at radius 2 is 1.95 bits per heavy atom. The van der Waals surface area contributed by atoms with Gasteiger partial charge in [0.2, 0.25) is 5.88 Å². The lowest BCUT2D eigenvalue weighted by Crippen LogP contribution is -2.11. The summed E-state index contributed by atoms with van der Waals surface area (Å²) in [4.78, 5) is 8.64. The fourth-order valence-electron chi connectivity index (χ4n) is 1.60. The van der Waals surface area contributed by atoms with E-state index < -0.39 is 0 Å². The number of nitrogens with zero attached hydrogens (tertiary/aromatic N) is 2. The molecule has 0 atom stereocenters. The van der Waals surface area contributed by atoms with Crippen LogP contribution in [0.1, 0.15) is 19.2 Å². The molecule has 1 rings (SSSR count). The van der Waals surface area contributed by atoms with Gasteiger partial charge in [0.05, 0.1) is 6.61 Å². The second kappa shape index (κ2) is 11.2. The number of anilines is 1. The summed E-state index contributed by atoms with van der Waals surface area (Å²) in [6.45, 7) is 5.54. The van der Waals surface area contributed by atoms with E-state index in [1.54, 1.807) is 20.3 Å². The molecule has 0 bridgehead atoms. The van der Waals surface area contributed by atoms with Crippen molar-refractivity contribution in [2.45, 2.75) is 20.0 Å². The number of hydrogen-bond acceptors (Lipinski definition) is 7. The Bertz CT molecular complexity index is 390. The van der Waals surface area contributed by atoms with Crippen molar-refractivity contribution in [2.75, 3.05) is 52.5 Å². The second-order valence-corrected chi connectivity index (χ2v) is 4.26. The third-order valence-electron chi connectivity index (χ3n) is 2.54. The maximum absolute atomic E-state index is 5.52. The van der Waals surface area contributed by atoms with E-state index in [4.69, 9.17) is 18.9 Å². The number of methoxy groups -OCH3 is 2. The summed E-state index contributed by atoms with van der Waals surface area (Å²) < 4.78 is 20.8. The summed E-state index contributed by atoms with van der Waals surface area (Å²) >= 11 is 0. The molecule has 7 heteroatoms. The summed E-state index contributed by atoms with van der Waals surface area (Å²) in [5.74, 6) is 1.82. The zero-order valence-corrected chi connectivity index (χ0v) is 13.1. The molecule has 0 saturated carbocycles. The van der Waals surface area contributed by atoms with Gasteiger partial charge in [-0.2, -0.15) is 4.98 Å². The topological polar surface area (TPSA) is 74.7 Å². The second-order valence-electron chi connectivity index (χ2n) is 4.26. The van der Waals surface area contributed by atoms with E-state index in [9.17, 15) is 0 Å². The van der Waals surface area contributed by atoms with Gasteiger partial charge in [-0.3, -0.25) is 0 Å². The highest BCUT2D eigenvalue weighted by molar-refractivity contribution is 5.38. The Kier molecular flexibility index (Phi) is 9.43. The van der Waals surface area contributed by atoms with Crippen molar-refractivity contribution in [3.05, 3.63) is 11.9 Å². The molecule has 0 aliphatic carbocycles. The minimum Gasteiger partial charge on any atom is -0.475 e. The number of aromatic nitrogens is 2. The van der Waals surface area contributed by atoms with Crippen LogP contribution in [0.5, 0.6) is 5.88 Å². The van der Waals surface area contributed by atoms with Gasteiger partial charge >= 0.3 is 0 Å². The number of nitrogens with one attached hydrogen (secondary N) is 1. The van der Waals surface area contributed by atoms with Crippen LogP contribution in [-0.2, 0) is 20.8 Å². The lowest BCUT2D eigenvalue weighted by Gasteiger charge is -2.10. The van der Waals surface area contributed by atoms with Crippen molar-refractivity contribution in [1.82, 2.24) is 9.97 Å². The summed E-state index contributed by atoms with van der Waals surface area (Å²) in [5, 5.41) is 3.24. The largest absolute Gasteiger partial charge is 0.475 e. The average molecular weight is 299 g/mol. The Morgan fingerprint density at radius 1 is 1.10 bits per heavy atom. The van der Waals surface area contributed by atoms with Gasteiger partial charge in [0.15, 0.2) is 5.82 Å². The van der Waals surface area contributed by atoms with Gasteiger partial charge in [0.1, 0.15) is 19.0 Å². The first-order valence-electron chi connectivity index (χ1n) is 7.10. The van der Waals surface area contributed by atoms with Crippen LogP contribution in [0.4, 0.5) is 5.82 Å². The SMILES string of the molecule is CCOCCCNc1cc(OCCOC)nc(COC)n1. The van der Waals surface area contributed by atoms with E-state index in [2.05, 4.69) is 15.3 Å². The number of rotatable bonds is 12. The molecule has 1 aromatic heterocycles. The van der Waals surface area contributed by atoms with Crippen molar-refractivity contribution in [3.8, 4) is 5.88 Å². The van der Waals surface area contributed by atoms with E-state index >= 15 is 0 Å². The van der Waals surface area contributed by atoms with Crippen LogP contribution in [-0.4, -0.2) is 57.2 Å². The molecule has 0 unspecified atom stereocenters. The molecule has 0 aromatic carbocycles. The summed E-state index contributed by atoms with van der Waals surface area (Å²) in [7, 11) is 3.24. The third kappa shape index (κ3) is 7.79.